The summed E-state index contributed by atoms with van der Waals surface area (Å²) in [5, 5.41) is 3.42. The predicted molar refractivity (Wildman–Crippen MR) is 93.3 cm³/mol. The van der Waals surface area contributed by atoms with Crippen LogP contribution in [0.5, 0.6) is 0 Å². The van der Waals surface area contributed by atoms with Gasteiger partial charge in [-0.2, -0.15) is 0 Å². The molecule has 1 aliphatic rings. The van der Waals surface area contributed by atoms with Crippen molar-refractivity contribution in [1.29, 1.82) is 0 Å². The van der Waals surface area contributed by atoms with Gasteiger partial charge in [0, 0.05) is 17.7 Å². The van der Waals surface area contributed by atoms with Gasteiger partial charge in [0.15, 0.2) is 0 Å². The monoisotopic (exact) mass is 311 g/mol. The second-order valence-corrected chi connectivity index (χ2v) is 7.01. The number of hydrogen-bond donors (Lipinski definition) is 0. The number of thiophene rings is 1. The fourth-order valence-electron chi connectivity index (χ4n) is 3.38. The van der Waals surface area contributed by atoms with Crippen LogP contribution in [0.1, 0.15) is 45.2 Å². The van der Waals surface area contributed by atoms with E-state index in [2.05, 4.69) is 44.4 Å². The van der Waals surface area contributed by atoms with E-state index in [1.54, 1.807) is 11.3 Å². The number of carbonyl (C=O) groups is 1. The number of hydrogen-bond acceptors (Lipinski definition) is 3. The summed E-state index contributed by atoms with van der Waals surface area (Å²) < 4.78 is 1.31. The average Bonchev–Trinajstić information content (AvgIpc) is 3.01. The van der Waals surface area contributed by atoms with E-state index in [1.807, 2.05) is 6.20 Å². The highest BCUT2D eigenvalue weighted by molar-refractivity contribution is 7.17. The van der Waals surface area contributed by atoms with E-state index < -0.39 is 0 Å². The molecule has 114 valence electrons. The Balaban J connectivity index is 2.08. The molecule has 2 aromatic heterocycles. The summed E-state index contributed by atoms with van der Waals surface area (Å²) in [6.07, 6.45) is 6.96. The number of pyridine rings is 1. The van der Waals surface area contributed by atoms with Crippen LogP contribution in [0.2, 0.25) is 0 Å². The molecule has 0 radical (unpaired) electrons. The van der Waals surface area contributed by atoms with Crippen molar-refractivity contribution < 1.29 is 4.79 Å². The third kappa shape index (κ3) is 2.54. The maximum atomic E-state index is 11.3. The van der Waals surface area contributed by atoms with Crippen LogP contribution < -0.4 is 0 Å². The molecule has 2 unspecified atom stereocenters. The lowest BCUT2D eigenvalue weighted by molar-refractivity contribution is -0.104. The van der Waals surface area contributed by atoms with Gasteiger partial charge in [0.25, 0.3) is 0 Å². The summed E-state index contributed by atoms with van der Waals surface area (Å²) in [6, 6.07) is 4.25. The molecular weight excluding hydrogens is 290 g/mol. The first-order valence-electron chi connectivity index (χ1n) is 7.78. The lowest BCUT2D eigenvalue weighted by Crippen LogP contribution is -2.16. The van der Waals surface area contributed by atoms with Gasteiger partial charge >= 0.3 is 0 Å². The molecule has 2 atom stereocenters. The number of allylic oxidation sites excluding steroid dienone is 4. The number of fused-ring (bicyclic) bond motifs is 1. The Morgan fingerprint density at radius 1 is 1.32 bits per heavy atom. The summed E-state index contributed by atoms with van der Waals surface area (Å²) in [5.41, 5.74) is 4.50. The second kappa shape index (κ2) is 6.17. The van der Waals surface area contributed by atoms with Crippen LogP contribution in [0.15, 0.2) is 46.5 Å². The van der Waals surface area contributed by atoms with Crippen molar-refractivity contribution in [3.63, 3.8) is 0 Å². The van der Waals surface area contributed by atoms with Gasteiger partial charge in [-0.25, -0.2) is 0 Å². The number of aldehydes is 1. The third-order valence-corrected chi connectivity index (χ3v) is 5.98. The molecule has 2 nitrogen and oxygen atoms in total. The smallest absolute Gasteiger partial charge is 0.149 e. The van der Waals surface area contributed by atoms with Crippen molar-refractivity contribution in [3.05, 3.63) is 52.2 Å². The Morgan fingerprint density at radius 3 is 2.91 bits per heavy atom. The molecule has 2 aromatic rings. The number of carbonyl (C=O) groups excluding carboxylic acids is 1. The van der Waals surface area contributed by atoms with E-state index in [0.29, 0.717) is 11.8 Å². The second-order valence-electron chi connectivity index (χ2n) is 6.09. The van der Waals surface area contributed by atoms with Crippen molar-refractivity contribution in [2.24, 2.45) is 5.92 Å². The maximum Gasteiger partial charge on any atom is 0.149 e. The fraction of sp³-hybridized carbons (Fsp3) is 0.368. The van der Waals surface area contributed by atoms with Gasteiger partial charge < -0.3 is 0 Å². The molecule has 0 saturated carbocycles. The molecule has 0 aromatic carbocycles. The van der Waals surface area contributed by atoms with E-state index in [0.717, 1.165) is 30.3 Å². The maximum absolute atomic E-state index is 11.3. The van der Waals surface area contributed by atoms with Crippen LogP contribution in [0, 0.1) is 5.92 Å². The lowest BCUT2D eigenvalue weighted by atomic mass is 9.78. The SMILES string of the molecule is CC1=C(\C)C(C)C(c2nccc3ccsc23)CC/C=C\1C=O. The van der Waals surface area contributed by atoms with Crippen LogP contribution in [-0.2, 0) is 4.79 Å². The van der Waals surface area contributed by atoms with Crippen molar-refractivity contribution in [3.8, 4) is 0 Å². The molecule has 0 spiro atoms. The normalized spacial score (nSPS) is 28.8. The van der Waals surface area contributed by atoms with Gasteiger partial charge in [0.2, 0.25) is 0 Å². The van der Waals surface area contributed by atoms with Gasteiger partial charge in [0.05, 0.1) is 10.4 Å². The molecule has 3 heteroatoms. The molecule has 0 aliphatic heterocycles. The number of aromatic nitrogens is 1. The molecular formula is C19H21NOS. The molecule has 2 heterocycles. The molecule has 3 rings (SSSR count). The Hall–Kier alpha value is -1.74. The summed E-state index contributed by atoms with van der Waals surface area (Å²) in [6.45, 7) is 6.49. The molecule has 1 aliphatic carbocycles. The average molecular weight is 311 g/mol. The Bertz CT molecular complexity index is 769. The van der Waals surface area contributed by atoms with Gasteiger partial charge in [-0.1, -0.05) is 18.6 Å². The van der Waals surface area contributed by atoms with Crippen molar-refractivity contribution in [1.82, 2.24) is 4.98 Å². The minimum Gasteiger partial charge on any atom is -0.298 e. The molecule has 22 heavy (non-hydrogen) atoms. The molecule has 0 amide bonds. The summed E-state index contributed by atoms with van der Waals surface area (Å²) >= 11 is 1.78. The van der Waals surface area contributed by atoms with Crippen LogP contribution >= 0.6 is 11.3 Å². The zero-order valence-electron chi connectivity index (χ0n) is 13.3. The lowest BCUT2D eigenvalue weighted by Gasteiger charge is -2.28. The third-order valence-electron chi connectivity index (χ3n) is 5.03. The molecule has 0 saturated heterocycles. The van der Waals surface area contributed by atoms with E-state index in [4.69, 9.17) is 4.98 Å². The summed E-state index contributed by atoms with van der Waals surface area (Å²) in [7, 11) is 0. The Labute approximate surface area is 135 Å². The van der Waals surface area contributed by atoms with Crippen LogP contribution in [0.3, 0.4) is 0 Å². The minimum absolute atomic E-state index is 0.392. The highest BCUT2D eigenvalue weighted by Gasteiger charge is 2.26. The summed E-state index contributed by atoms with van der Waals surface area (Å²) in [5.74, 6) is 0.797. The fourth-order valence-corrected chi connectivity index (χ4v) is 4.33. The van der Waals surface area contributed by atoms with Crippen molar-refractivity contribution in [2.75, 3.05) is 0 Å². The first-order valence-corrected chi connectivity index (χ1v) is 8.66. The number of rotatable bonds is 2. The predicted octanol–water partition coefficient (Wildman–Crippen LogP) is 5.27. The first-order chi connectivity index (χ1) is 10.6. The quantitative estimate of drug-likeness (QED) is 0.707. The topological polar surface area (TPSA) is 30.0 Å². The van der Waals surface area contributed by atoms with Crippen molar-refractivity contribution in [2.45, 2.75) is 39.5 Å². The van der Waals surface area contributed by atoms with Gasteiger partial charge in [-0.3, -0.25) is 9.78 Å². The zero-order chi connectivity index (χ0) is 15.7. The van der Waals surface area contributed by atoms with Crippen LogP contribution in [0.25, 0.3) is 10.1 Å². The number of nitrogens with zero attached hydrogens (tertiary/aromatic N) is 1. The molecule has 0 N–H and O–H groups in total. The standard InChI is InChI=1S/C19H21NOS/c1-12-13(2)16(11-21)5-4-6-17(14(12)3)18-19-15(7-9-20-18)8-10-22-19/h5,7-11,14,17H,4,6H2,1-3H3/b13-12-,16-5-. The largest absolute Gasteiger partial charge is 0.298 e. The minimum atomic E-state index is 0.392. The molecule has 0 fully saturated rings. The van der Waals surface area contributed by atoms with E-state index >= 15 is 0 Å². The van der Waals surface area contributed by atoms with E-state index in [-0.39, 0.29) is 0 Å². The Kier molecular flexibility index (Phi) is 4.25. The van der Waals surface area contributed by atoms with Gasteiger partial charge in [-0.15, -0.1) is 11.3 Å². The highest BCUT2D eigenvalue weighted by atomic mass is 32.1. The summed E-state index contributed by atoms with van der Waals surface area (Å²) in [4.78, 5) is 16.0. The van der Waals surface area contributed by atoms with E-state index in [1.165, 1.54) is 21.4 Å². The van der Waals surface area contributed by atoms with E-state index in [9.17, 15) is 4.79 Å². The molecule has 0 bridgehead atoms. The van der Waals surface area contributed by atoms with Crippen LogP contribution in [-0.4, -0.2) is 11.3 Å². The first kappa shape index (κ1) is 15.2. The highest BCUT2D eigenvalue weighted by Crippen LogP contribution is 2.40. The Morgan fingerprint density at radius 2 is 2.14 bits per heavy atom. The zero-order valence-corrected chi connectivity index (χ0v) is 14.1. The van der Waals surface area contributed by atoms with Gasteiger partial charge in [0.1, 0.15) is 6.29 Å². The van der Waals surface area contributed by atoms with Gasteiger partial charge in [-0.05, 0) is 61.1 Å². The van der Waals surface area contributed by atoms with Crippen LogP contribution in [0.4, 0.5) is 0 Å². The van der Waals surface area contributed by atoms with Crippen molar-refractivity contribution >= 4 is 27.7 Å².